The van der Waals surface area contributed by atoms with Crippen molar-refractivity contribution in [1.82, 2.24) is 15.7 Å². The van der Waals surface area contributed by atoms with Crippen LogP contribution in [0.15, 0.2) is 108 Å². The van der Waals surface area contributed by atoms with Crippen LogP contribution >= 0.6 is 0 Å². The van der Waals surface area contributed by atoms with Gasteiger partial charge in [0.25, 0.3) is 0 Å². The van der Waals surface area contributed by atoms with E-state index in [1.54, 1.807) is 6.07 Å². The standard InChI is InChI=1S/C34H40FN7O/c1-6-10-31-40-33(37)32(24-15-13-23(14-16-24)19-30(36)38-4)22(3)42(31)21-26-18-17-25(20-29(26)35)27-11-8-9-12-28(27)34(39-7-2)41-43-5/h7-9,11-18,20,30,38H,2-3,6,10,19,21,36-37H2,1,4-5H3,(H,39,41). The van der Waals surface area contributed by atoms with Gasteiger partial charge in [-0.05, 0) is 41.8 Å². The van der Waals surface area contributed by atoms with Gasteiger partial charge in [-0.15, -0.1) is 0 Å². The van der Waals surface area contributed by atoms with E-state index >= 15 is 4.39 Å². The molecule has 1 unspecified atom stereocenters. The van der Waals surface area contributed by atoms with E-state index in [1.807, 2.05) is 66.5 Å². The molecule has 0 radical (unpaired) electrons. The number of hydroxylamine groups is 1. The fourth-order valence-electron chi connectivity index (χ4n) is 5.07. The maximum Gasteiger partial charge on any atom is 0.157 e. The second-order valence-corrected chi connectivity index (χ2v) is 10.2. The minimum absolute atomic E-state index is 0.129. The van der Waals surface area contributed by atoms with Crippen molar-refractivity contribution in [2.24, 2.45) is 21.5 Å². The van der Waals surface area contributed by atoms with Crippen molar-refractivity contribution in [2.45, 2.75) is 38.9 Å². The van der Waals surface area contributed by atoms with E-state index in [2.05, 4.69) is 35.9 Å². The van der Waals surface area contributed by atoms with Crippen molar-refractivity contribution in [3.05, 3.63) is 126 Å². The van der Waals surface area contributed by atoms with Crippen LogP contribution in [0.4, 0.5) is 4.39 Å². The van der Waals surface area contributed by atoms with Crippen LogP contribution in [0.2, 0.25) is 0 Å². The zero-order valence-corrected chi connectivity index (χ0v) is 25.0. The summed E-state index contributed by atoms with van der Waals surface area (Å²) in [5.74, 6) is 1.29. The summed E-state index contributed by atoms with van der Waals surface area (Å²) in [7, 11) is 3.34. The fourth-order valence-corrected chi connectivity index (χ4v) is 5.07. The lowest BCUT2D eigenvalue weighted by Crippen LogP contribution is -2.36. The van der Waals surface area contributed by atoms with Crippen molar-refractivity contribution < 1.29 is 9.23 Å². The molecule has 3 aromatic carbocycles. The highest BCUT2D eigenvalue weighted by atomic mass is 19.1. The van der Waals surface area contributed by atoms with Crippen molar-refractivity contribution >= 4 is 17.2 Å². The maximum absolute atomic E-state index is 15.8. The Morgan fingerprint density at radius 3 is 2.51 bits per heavy atom. The lowest BCUT2D eigenvalue weighted by atomic mass is 9.96. The van der Waals surface area contributed by atoms with Gasteiger partial charge in [0.2, 0.25) is 0 Å². The number of aliphatic imine (C=N–C) groups is 2. The number of allylic oxidation sites excluding steroid dienone is 1. The molecule has 43 heavy (non-hydrogen) atoms. The van der Waals surface area contributed by atoms with E-state index in [0.717, 1.165) is 40.1 Å². The van der Waals surface area contributed by atoms with E-state index in [4.69, 9.17) is 21.3 Å². The second-order valence-electron chi connectivity index (χ2n) is 10.2. The zero-order chi connectivity index (χ0) is 30.9. The van der Waals surface area contributed by atoms with Gasteiger partial charge in [-0.1, -0.05) is 80.7 Å². The Balaban J connectivity index is 1.64. The van der Waals surface area contributed by atoms with Crippen LogP contribution in [0.1, 0.15) is 42.0 Å². The number of likely N-dealkylation sites (N-methyl/N-ethyl adjacent to an activating group) is 1. The van der Waals surface area contributed by atoms with Crippen LogP contribution in [0.3, 0.4) is 0 Å². The third-order valence-electron chi connectivity index (χ3n) is 7.27. The fraction of sp³-hybridized carbons (Fsp3) is 0.235. The molecule has 9 heteroatoms. The number of benzene rings is 3. The number of rotatable bonds is 12. The summed E-state index contributed by atoms with van der Waals surface area (Å²) in [6.45, 7) is 10.4. The molecule has 1 aliphatic heterocycles. The average Bonchev–Trinajstić information content (AvgIpc) is 3.00. The van der Waals surface area contributed by atoms with E-state index < -0.39 is 0 Å². The predicted molar refractivity (Wildman–Crippen MR) is 174 cm³/mol. The van der Waals surface area contributed by atoms with Crippen LogP contribution in [0.25, 0.3) is 16.7 Å². The monoisotopic (exact) mass is 581 g/mol. The van der Waals surface area contributed by atoms with Gasteiger partial charge in [-0.2, -0.15) is 0 Å². The molecule has 4 rings (SSSR count). The summed E-state index contributed by atoms with van der Waals surface area (Å²) in [6.07, 6.45) is 3.52. The molecule has 224 valence electrons. The van der Waals surface area contributed by atoms with Crippen molar-refractivity contribution in [3.63, 3.8) is 0 Å². The maximum atomic E-state index is 15.8. The molecular formula is C34H40FN7O. The number of halogens is 1. The number of hydrogen-bond donors (Lipinski definition) is 4. The zero-order valence-electron chi connectivity index (χ0n) is 25.0. The van der Waals surface area contributed by atoms with Crippen LogP contribution in [-0.4, -0.2) is 36.9 Å². The first-order valence-electron chi connectivity index (χ1n) is 14.2. The van der Waals surface area contributed by atoms with E-state index in [-0.39, 0.29) is 18.5 Å². The Morgan fingerprint density at radius 2 is 1.86 bits per heavy atom. The topological polar surface area (TPSA) is 113 Å². The Morgan fingerprint density at radius 1 is 1.14 bits per heavy atom. The van der Waals surface area contributed by atoms with Gasteiger partial charge in [0.15, 0.2) is 5.84 Å². The highest BCUT2D eigenvalue weighted by Gasteiger charge is 2.26. The lowest BCUT2D eigenvalue weighted by molar-refractivity contribution is 0.145. The summed E-state index contributed by atoms with van der Waals surface area (Å²) in [5, 5.41) is 3.05. The van der Waals surface area contributed by atoms with Gasteiger partial charge >= 0.3 is 0 Å². The quantitative estimate of drug-likeness (QED) is 0.0981. The molecule has 1 atom stereocenters. The first-order chi connectivity index (χ1) is 20.8. The molecule has 0 fully saturated rings. The van der Waals surface area contributed by atoms with Crippen LogP contribution in [-0.2, 0) is 17.8 Å². The minimum Gasteiger partial charge on any atom is -0.383 e. The van der Waals surface area contributed by atoms with E-state index in [1.165, 1.54) is 19.4 Å². The van der Waals surface area contributed by atoms with Gasteiger partial charge in [0.1, 0.15) is 17.5 Å². The first kappa shape index (κ1) is 31.4. The van der Waals surface area contributed by atoms with Gasteiger partial charge in [-0.25, -0.2) is 19.9 Å². The number of nitrogens with one attached hydrogen (secondary N) is 2. The van der Waals surface area contributed by atoms with Crippen LogP contribution in [0.5, 0.6) is 0 Å². The summed E-state index contributed by atoms with van der Waals surface area (Å²) in [5.41, 5.74) is 21.5. The van der Waals surface area contributed by atoms with Crippen LogP contribution < -0.4 is 22.3 Å². The number of amidine groups is 2. The molecule has 0 aliphatic carbocycles. The predicted octanol–water partition coefficient (Wildman–Crippen LogP) is 5.44. The average molecular weight is 582 g/mol. The molecule has 0 aromatic heterocycles. The summed E-state index contributed by atoms with van der Waals surface area (Å²) in [4.78, 5) is 16.1. The van der Waals surface area contributed by atoms with E-state index in [0.29, 0.717) is 41.3 Å². The molecule has 1 aliphatic rings. The molecule has 1 heterocycles. The number of hydrogen-bond acceptors (Lipinski definition) is 7. The summed E-state index contributed by atoms with van der Waals surface area (Å²) >= 11 is 0. The normalized spacial score (nSPS) is 14.5. The lowest BCUT2D eigenvalue weighted by Gasteiger charge is -2.33. The van der Waals surface area contributed by atoms with Crippen molar-refractivity contribution in [2.75, 3.05) is 14.2 Å². The SMILES string of the molecule is C=CN=C(NOC)c1ccccc1-c1ccc(CN2C(=C)C(c3ccc(CC(N)NC)cc3)=C(N)N=C2CCC)c(F)c1. The highest BCUT2D eigenvalue weighted by Crippen LogP contribution is 2.34. The molecule has 0 amide bonds. The Labute approximate surface area is 253 Å². The molecule has 3 aromatic rings. The van der Waals surface area contributed by atoms with Gasteiger partial charge < -0.3 is 21.7 Å². The number of nitrogens with zero attached hydrogens (tertiary/aromatic N) is 3. The van der Waals surface area contributed by atoms with E-state index in [9.17, 15) is 0 Å². The molecule has 0 saturated heterocycles. The smallest absolute Gasteiger partial charge is 0.157 e. The summed E-state index contributed by atoms with van der Waals surface area (Å²) < 4.78 is 15.8. The van der Waals surface area contributed by atoms with Crippen molar-refractivity contribution in [3.8, 4) is 11.1 Å². The Hall–Kier alpha value is -4.57. The highest BCUT2D eigenvalue weighted by molar-refractivity contribution is 6.04. The second kappa shape index (κ2) is 14.6. The minimum atomic E-state index is -0.341. The number of nitrogens with two attached hydrogens (primary N) is 2. The van der Waals surface area contributed by atoms with Gasteiger partial charge in [-0.3, -0.25) is 4.84 Å². The molecular weight excluding hydrogens is 541 g/mol. The third-order valence-corrected chi connectivity index (χ3v) is 7.27. The molecule has 0 saturated carbocycles. The molecule has 6 N–H and O–H groups in total. The largest absolute Gasteiger partial charge is 0.383 e. The molecule has 0 bridgehead atoms. The molecule has 0 spiro atoms. The van der Waals surface area contributed by atoms with Gasteiger partial charge in [0, 0.05) is 41.4 Å². The third kappa shape index (κ3) is 7.26. The Bertz CT molecular complexity index is 1560. The Kier molecular flexibility index (Phi) is 10.6. The van der Waals surface area contributed by atoms with Crippen molar-refractivity contribution in [1.29, 1.82) is 0 Å². The van der Waals surface area contributed by atoms with Crippen LogP contribution in [0, 0.1) is 5.82 Å². The summed E-state index contributed by atoms with van der Waals surface area (Å²) in [6, 6.07) is 20.9. The first-order valence-corrected chi connectivity index (χ1v) is 14.2. The van der Waals surface area contributed by atoms with Gasteiger partial charge in [0.05, 0.1) is 19.8 Å². The molecule has 8 nitrogen and oxygen atoms in total.